The van der Waals surface area contributed by atoms with Crippen molar-refractivity contribution in [1.29, 1.82) is 0 Å². The number of rotatable bonds is 0. The maximum Gasteiger partial charge on any atom is 1.00 e. The summed E-state index contributed by atoms with van der Waals surface area (Å²) in [7, 11) is -2.17. The number of carboxylic acid groups (broad SMARTS) is 2. The molecule has 0 aromatic heterocycles. The Hall–Kier alpha value is 0.172. The zero-order chi connectivity index (χ0) is 11.4. The molecule has 0 saturated carbocycles. The number of aliphatic carboxylic acids is 2. The van der Waals surface area contributed by atoms with Gasteiger partial charge in [-0.2, -0.15) is 0 Å². The molecule has 0 rings (SSSR count). The van der Waals surface area contributed by atoms with Crippen LogP contribution in [0.1, 0.15) is 0 Å². The number of hydrogen-bond acceptors (Lipinski definition) is 6. The summed E-state index contributed by atoms with van der Waals surface area (Å²) in [6, 6.07) is 0. The minimum Gasteiger partial charge on any atom is -0.847 e. The summed E-state index contributed by atoms with van der Waals surface area (Å²) < 4.78 is -0.0300. The van der Waals surface area contributed by atoms with Crippen molar-refractivity contribution in [2.24, 2.45) is 0 Å². The Kier molecular flexibility index (Phi) is 32.0. The molecule has 11 heteroatoms. The maximum absolute atomic E-state index is 9.10. The molecule has 0 fully saturated rings. The number of alkyl halides is 1. The Morgan fingerprint density at radius 2 is 1.21 bits per heavy atom. The van der Waals surface area contributed by atoms with Crippen LogP contribution in [-0.2, 0) is 9.59 Å². The smallest absolute Gasteiger partial charge is 0.847 e. The minimum atomic E-state index is -2.17. The van der Waals surface area contributed by atoms with Crippen LogP contribution >= 0.6 is 22.6 Å². The fourth-order valence-electron chi connectivity index (χ4n) is 0. The van der Waals surface area contributed by atoms with Crippen molar-refractivity contribution in [3.05, 3.63) is 0 Å². The second-order valence-electron chi connectivity index (χ2n) is 1.07. The Morgan fingerprint density at radius 3 is 1.21 bits per heavy atom. The van der Waals surface area contributed by atoms with Crippen LogP contribution in [0.4, 0.5) is 0 Å². The van der Waals surface area contributed by atoms with E-state index in [1.54, 1.807) is 22.6 Å². The zero-order valence-corrected chi connectivity index (χ0v) is 9.28. The normalized spacial score (nSPS) is 6.36. The van der Waals surface area contributed by atoms with Crippen molar-refractivity contribution in [2.75, 3.05) is 4.61 Å². The van der Waals surface area contributed by atoms with Gasteiger partial charge < -0.3 is 30.4 Å². The average molecular weight is 316 g/mol. The van der Waals surface area contributed by atoms with Gasteiger partial charge in [0.1, 0.15) is 0 Å². The third-order valence-corrected chi connectivity index (χ3v) is 0.183. The Morgan fingerprint density at radius 1 is 1.14 bits per heavy atom. The summed E-state index contributed by atoms with van der Waals surface area (Å²) in [6.45, 7) is 0. The van der Waals surface area contributed by atoms with Crippen LogP contribution in [0.25, 0.3) is 0 Å². The topological polar surface area (TPSA) is 158 Å². The van der Waals surface area contributed by atoms with E-state index in [0.29, 0.717) is 0 Å². The molecule has 0 aromatic rings. The average Bonchev–Trinajstić information content (AvgIpc) is 1.87. The molecule has 0 amide bonds. The molecular formula is C3H7BILiO8. The monoisotopic (exact) mass is 316 g/mol. The summed E-state index contributed by atoms with van der Waals surface area (Å²) in [5.74, 6) is -3.65. The zero-order valence-electron chi connectivity index (χ0n) is 7.12. The van der Waals surface area contributed by atoms with Gasteiger partial charge in [-0.15, -0.1) is 22.6 Å². The molecule has 0 aliphatic rings. The number of hydrogen-bond donors (Lipinski definition) is 5. The quantitative estimate of drug-likeness (QED) is 0.128. The Labute approximate surface area is 105 Å². The van der Waals surface area contributed by atoms with Crippen LogP contribution in [0.5, 0.6) is 0 Å². The standard InChI is InChI=1S/C2H2O4.CH2IO.BH3O3.Li/c3-1(4)2(5)6;2-1-3;2-1(3)4;/h(H,3,4)(H,5,6);1H2;2-4H;/q;-1;;+1. The molecule has 14 heavy (non-hydrogen) atoms. The SMILES string of the molecule is O=C(O)C(=O)O.OB(O)O.[Li+].[O-]CI. The maximum atomic E-state index is 9.10. The van der Waals surface area contributed by atoms with Crippen LogP contribution in [0.3, 0.4) is 0 Å². The number of halogens is 1. The van der Waals surface area contributed by atoms with Gasteiger partial charge in [0.2, 0.25) is 0 Å². The van der Waals surface area contributed by atoms with Crippen molar-refractivity contribution in [2.45, 2.75) is 0 Å². The van der Waals surface area contributed by atoms with Gasteiger partial charge in [-0.3, -0.25) is 0 Å². The third kappa shape index (κ3) is 87.3. The molecule has 5 N–H and O–H groups in total. The molecule has 0 radical (unpaired) electrons. The first-order chi connectivity index (χ1) is 5.79. The summed E-state index contributed by atoms with van der Waals surface area (Å²) in [5.41, 5.74) is 0. The van der Waals surface area contributed by atoms with E-state index in [-0.39, 0.29) is 23.5 Å². The van der Waals surface area contributed by atoms with Gasteiger partial charge >= 0.3 is 38.1 Å². The van der Waals surface area contributed by atoms with Crippen LogP contribution in [0.15, 0.2) is 0 Å². The predicted octanol–water partition coefficient (Wildman–Crippen LogP) is -6.15. The Bertz CT molecular complexity index is 128. The molecule has 0 aliphatic heterocycles. The first kappa shape index (κ1) is 23.8. The molecule has 8 nitrogen and oxygen atoms in total. The summed E-state index contributed by atoms with van der Waals surface area (Å²) in [5, 5.41) is 45.2. The molecular weight excluding hydrogens is 309 g/mol. The van der Waals surface area contributed by atoms with Gasteiger partial charge in [0.05, 0.1) is 0 Å². The fraction of sp³-hybridized carbons (Fsp3) is 0.333. The van der Waals surface area contributed by atoms with Crippen molar-refractivity contribution >= 4 is 41.9 Å². The molecule has 78 valence electrons. The van der Waals surface area contributed by atoms with Crippen LogP contribution < -0.4 is 24.0 Å². The third-order valence-electron chi connectivity index (χ3n) is 0.183. The van der Waals surface area contributed by atoms with Crippen LogP contribution in [0.2, 0.25) is 0 Å². The first-order valence-corrected chi connectivity index (χ1v) is 3.96. The van der Waals surface area contributed by atoms with Gasteiger partial charge in [0.15, 0.2) is 0 Å². The van der Waals surface area contributed by atoms with Gasteiger partial charge in [-0.25, -0.2) is 9.59 Å². The summed E-state index contributed by atoms with van der Waals surface area (Å²) >= 11 is 1.73. The van der Waals surface area contributed by atoms with E-state index in [1.807, 2.05) is 0 Å². The second-order valence-corrected chi connectivity index (χ2v) is 1.69. The van der Waals surface area contributed by atoms with Gasteiger partial charge in [0, 0.05) is 0 Å². The molecule has 0 spiro atoms. The molecule has 0 heterocycles. The predicted molar refractivity (Wildman–Crippen MR) is 46.6 cm³/mol. The van der Waals surface area contributed by atoms with E-state index >= 15 is 0 Å². The van der Waals surface area contributed by atoms with E-state index in [0.717, 1.165) is 0 Å². The summed E-state index contributed by atoms with van der Waals surface area (Å²) in [4.78, 5) is 18.2. The van der Waals surface area contributed by atoms with Crippen molar-refractivity contribution in [3.63, 3.8) is 0 Å². The minimum absolute atomic E-state index is 0. The first-order valence-electron chi connectivity index (χ1n) is 2.44. The van der Waals surface area contributed by atoms with Gasteiger partial charge in [0.25, 0.3) is 0 Å². The van der Waals surface area contributed by atoms with Gasteiger partial charge in [-0.1, -0.05) is 4.61 Å². The summed E-state index contributed by atoms with van der Waals surface area (Å²) in [6.07, 6.45) is 0. The molecule has 0 aliphatic carbocycles. The molecule has 0 bridgehead atoms. The van der Waals surface area contributed by atoms with Crippen LogP contribution in [-0.4, -0.2) is 49.2 Å². The number of carboxylic acids is 2. The van der Waals surface area contributed by atoms with Crippen LogP contribution in [0, 0.1) is 0 Å². The molecule has 0 saturated heterocycles. The Balaban J connectivity index is -0.0000000553. The van der Waals surface area contributed by atoms with E-state index in [1.165, 1.54) is 0 Å². The molecule has 0 unspecified atom stereocenters. The van der Waals surface area contributed by atoms with Gasteiger partial charge in [-0.05, 0) is 0 Å². The van der Waals surface area contributed by atoms with E-state index < -0.39 is 19.3 Å². The van der Waals surface area contributed by atoms with Crippen molar-refractivity contribution in [3.8, 4) is 0 Å². The second kappa shape index (κ2) is 18.9. The van der Waals surface area contributed by atoms with Crippen molar-refractivity contribution < 1.29 is 58.8 Å². The molecule has 0 atom stereocenters. The van der Waals surface area contributed by atoms with Crippen molar-refractivity contribution in [1.82, 2.24) is 0 Å². The van der Waals surface area contributed by atoms with E-state index in [9.17, 15) is 0 Å². The largest absolute Gasteiger partial charge is 1.00 e. The van der Waals surface area contributed by atoms with E-state index in [4.69, 9.17) is 40.0 Å². The molecule has 0 aromatic carbocycles. The fourth-order valence-corrected chi connectivity index (χ4v) is 0. The van der Waals surface area contributed by atoms with E-state index in [2.05, 4.69) is 0 Å². The number of carbonyl (C=O) groups is 2.